The van der Waals surface area contributed by atoms with Gasteiger partial charge in [0, 0.05) is 12.5 Å². The van der Waals surface area contributed by atoms with Crippen molar-refractivity contribution < 1.29 is 26.8 Å². The molecular formula is C14H22N4O6S. The highest BCUT2D eigenvalue weighted by atomic mass is 32.3. The Balaban J connectivity index is 1.63. The van der Waals surface area contributed by atoms with Crippen LogP contribution in [-0.4, -0.2) is 59.3 Å². The normalized spacial score (nSPS) is 27.5. The molecule has 0 radical (unpaired) electrons. The monoisotopic (exact) mass is 374 g/mol. The SMILES string of the molecule is N=C(NC(=O)C1CCCCC1)[C@@H]1CC[C@@H]2CN1C(=O)N2OS(=O)(=O)O. The van der Waals surface area contributed by atoms with Crippen molar-refractivity contribution >= 4 is 28.2 Å². The molecule has 2 bridgehead atoms. The van der Waals surface area contributed by atoms with Crippen molar-refractivity contribution in [2.75, 3.05) is 6.54 Å². The summed E-state index contributed by atoms with van der Waals surface area (Å²) in [5.41, 5.74) is 0. The van der Waals surface area contributed by atoms with Gasteiger partial charge in [0.25, 0.3) is 0 Å². The van der Waals surface area contributed by atoms with E-state index in [9.17, 15) is 18.0 Å². The second-order valence-electron chi connectivity index (χ2n) is 6.75. The second-order valence-corrected chi connectivity index (χ2v) is 7.75. The molecule has 2 saturated heterocycles. The number of amidine groups is 1. The first-order chi connectivity index (χ1) is 11.8. The van der Waals surface area contributed by atoms with Crippen molar-refractivity contribution in [2.24, 2.45) is 5.92 Å². The number of piperidine rings is 1. The summed E-state index contributed by atoms with van der Waals surface area (Å²) in [5, 5.41) is 11.4. The Morgan fingerprint density at radius 1 is 1.20 bits per heavy atom. The van der Waals surface area contributed by atoms with Crippen LogP contribution >= 0.6 is 0 Å². The number of hydrogen-bond donors (Lipinski definition) is 3. The Kier molecular flexibility index (Phi) is 4.98. The predicted molar refractivity (Wildman–Crippen MR) is 85.8 cm³/mol. The minimum atomic E-state index is -4.80. The summed E-state index contributed by atoms with van der Waals surface area (Å²) in [6, 6.07) is -1.87. The van der Waals surface area contributed by atoms with Gasteiger partial charge in [0.1, 0.15) is 5.84 Å². The van der Waals surface area contributed by atoms with Crippen LogP contribution in [0.1, 0.15) is 44.9 Å². The predicted octanol–water partition coefficient (Wildman–Crippen LogP) is 0.663. The molecule has 3 amide bonds. The highest BCUT2D eigenvalue weighted by molar-refractivity contribution is 7.80. The number of rotatable bonds is 4. The molecule has 2 aliphatic heterocycles. The van der Waals surface area contributed by atoms with Gasteiger partial charge in [-0.25, -0.2) is 4.79 Å². The summed E-state index contributed by atoms with van der Waals surface area (Å²) in [6.07, 6.45) is 5.56. The fraction of sp³-hybridized carbons (Fsp3) is 0.786. The molecule has 2 atom stereocenters. The van der Waals surface area contributed by atoms with Gasteiger partial charge in [0.15, 0.2) is 0 Å². The van der Waals surface area contributed by atoms with E-state index in [1.54, 1.807) is 0 Å². The molecule has 25 heavy (non-hydrogen) atoms. The van der Waals surface area contributed by atoms with E-state index >= 15 is 0 Å². The van der Waals surface area contributed by atoms with Crippen LogP contribution in [0.15, 0.2) is 0 Å². The van der Waals surface area contributed by atoms with Gasteiger partial charge in [0.2, 0.25) is 5.91 Å². The minimum Gasteiger partial charge on any atom is -0.313 e. The molecule has 2 heterocycles. The third-order valence-corrected chi connectivity index (χ3v) is 5.41. The van der Waals surface area contributed by atoms with E-state index in [0.29, 0.717) is 17.9 Å². The van der Waals surface area contributed by atoms with Crippen molar-refractivity contribution in [1.82, 2.24) is 15.3 Å². The van der Waals surface area contributed by atoms with Crippen LogP contribution in [0.4, 0.5) is 4.79 Å². The first kappa shape index (κ1) is 18.1. The molecule has 11 heteroatoms. The van der Waals surface area contributed by atoms with Crippen molar-refractivity contribution in [1.29, 1.82) is 5.41 Å². The van der Waals surface area contributed by atoms with Crippen LogP contribution in [0, 0.1) is 11.3 Å². The zero-order valence-electron chi connectivity index (χ0n) is 13.7. The Labute approximate surface area is 145 Å². The van der Waals surface area contributed by atoms with Gasteiger partial charge < -0.3 is 10.2 Å². The molecule has 0 aromatic heterocycles. The largest absolute Gasteiger partial charge is 0.418 e. The molecule has 0 aromatic carbocycles. The van der Waals surface area contributed by atoms with Crippen molar-refractivity contribution in [3.8, 4) is 0 Å². The lowest BCUT2D eigenvalue weighted by Crippen LogP contribution is -2.51. The van der Waals surface area contributed by atoms with Gasteiger partial charge in [-0.3, -0.25) is 14.8 Å². The van der Waals surface area contributed by atoms with Gasteiger partial charge in [-0.05, 0) is 25.7 Å². The molecule has 3 fully saturated rings. The lowest BCUT2D eigenvalue weighted by atomic mass is 9.88. The van der Waals surface area contributed by atoms with E-state index in [4.69, 9.17) is 9.96 Å². The molecule has 0 aromatic rings. The van der Waals surface area contributed by atoms with E-state index < -0.39 is 28.5 Å². The fourth-order valence-electron chi connectivity index (χ4n) is 3.81. The van der Waals surface area contributed by atoms with E-state index in [0.717, 1.165) is 32.1 Å². The Morgan fingerprint density at radius 3 is 2.52 bits per heavy atom. The summed E-state index contributed by atoms with van der Waals surface area (Å²) in [6.45, 7) is 0.181. The molecular weight excluding hydrogens is 352 g/mol. The van der Waals surface area contributed by atoms with Gasteiger partial charge in [-0.2, -0.15) is 13.5 Å². The van der Waals surface area contributed by atoms with Gasteiger partial charge >= 0.3 is 16.4 Å². The van der Waals surface area contributed by atoms with Crippen LogP contribution in [0.3, 0.4) is 0 Å². The standard InChI is InChI=1S/C14H22N4O6S/c15-12(16-13(19)9-4-2-1-3-5-9)11-7-6-10-8-17(11)14(20)18(10)24-25(21,22)23/h9-11H,1-8H2,(H2,15,16,19)(H,21,22,23)/t10-,11+/m1/s1. The van der Waals surface area contributed by atoms with Crippen LogP contribution in [-0.2, 0) is 19.5 Å². The molecule has 10 nitrogen and oxygen atoms in total. The molecule has 3 aliphatic rings. The molecule has 140 valence electrons. The van der Waals surface area contributed by atoms with E-state index in [-0.39, 0.29) is 24.2 Å². The highest BCUT2D eigenvalue weighted by Gasteiger charge is 2.48. The van der Waals surface area contributed by atoms with Gasteiger partial charge in [-0.15, -0.1) is 4.28 Å². The summed E-state index contributed by atoms with van der Waals surface area (Å²) < 4.78 is 34.9. The maximum absolute atomic E-state index is 12.3. The van der Waals surface area contributed by atoms with E-state index in [1.165, 1.54) is 4.90 Å². The topological polar surface area (TPSA) is 140 Å². The molecule has 1 saturated carbocycles. The Bertz CT molecular complexity index is 675. The van der Waals surface area contributed by atoms with Gasteiger partial charge in [-0.1, -0.05) is 19.3 Å². The Morgan fingerprint density at radius 2 is 1.88 bits per heavy atom. The lowest BCUT2D eigenvalue weighted by Gasteiger charge is -2.31. The smallest absolute Gasteiger partial charge is 0.313 e. The van der Waals surface area contributed by atoms with Gasteiger partial charge in [0.05, 0.1) is 12.1 Å². The van der Waals surface area contributed by atoms with Crippen LogP contribution in [0.25, 0.3) is 0 Å². The highest BCUT2D eigenvalue weighted by Crippen LogP contribution is 2.31. The molecule has 3 rings (SSSR count). The average molecular weight is 374 g/mol. The summed E-state index contributed by atoms with van der Waals surface area (Å²) in [4.78, 5) is 25.9. The third kappa shape index (κ3) is 3.93. The number of carbonyl (C=O) groups excluding carboxylic acids is 2. The molecule has 1 aliphatic carbocycles. The van der Waals surface area contributed by atoms with Crippen LogP contribution < -0.4 is 5.32 Å². The number of amides is 3. The van der Waals surface area contributed by atoms with Crippen molar-refractivity contribution in [3.05, 3.63) is 0 Å². The number of nitrogens with one attached hydrogen (secondary N) is 2. The van der Waals surface area contributed by atoms with E-state index in [1.807, 2.05) is 0 Å². The summed E-state index contributed by atoms with van der Waals surface area (Å²) >= 11 is 0. The lowest BCUT2D eigenvalue weighted by molar-refractivity contribution is -0.124. The quantitative estimate of drug-likeness (QED) is 0.375. The van der Waals surface area contributed by atoms with E-state index in [2.05, 4.69) is 9.60 Å². The Hall–Kier alpha value is -1.72. The molecule has 0 spiro atoms. The first-order valence-corrected chi connectivity index (χ1v) is 9.79. The van der Waals surface area contributed by atoms with Crippen molar-refractivity contribution in [3.63, 3.8) is 0 Å². The summed E-state index contributed by atoms with van der Waals surface area (Å²) in [7, 11) is -4.80. The molecule has 3 N–H and O–H groups in total. The number of hydrogen-bond acceptors (Lipinski definition) is 6. The number of urea groups is 1. The minimum absolute atomic E-state index is 0.0592. The first-order valence-electron chi connectivity index (χ1n) is 8.42. The maximum Gasteiger partial charge on any atom is 0.418 e. The zero-order valence-corrected chi connectivity index (χ0v) is 14.5. The third-order valence-electron chi connectivity index (χ3n) is 5.06. The van der Waals surface area contributed by atoms with Crippen LogP contribution in [0.5, 0.6) is 0 Å². The fourth-order valence-corrected chi connectivity index (χ4v) is 4.20. The number of hydroxylamine groups is 2. The van der Waals surface area contributed by atoms with Crippen molar-refractivity contribution in [2.45, 2.75) is 57.0 Å². The number of fused-ring (bicyclic) bond motifs is 2. The zero-order chi connectivity index (χ0) is 18.2. The number of nitrogens with zero attached hydrogens (tertiary/aromatic N) is 2. The molecule has 0 unspecified atom stereocenters. The number of carbonyl (C=O) groups is 2. The summed E-state index contributed by atoms with van der Waals surface area (Å²) in [5.74, 6) is -0.348. The second kappa shape index (κ2) is 6.89. The maximum atomic E-state index is 12.3. The average Bonchev–Trinajstić information content (AvgIpc) is 2.79. The van der Waals surface area contributed by atoms with Crippen LogP contribution in [0.2, 0.25) is 0 Å².